The Morgan fingerprint density at radius 2 is 2.06 bits per heavy atom. The van der Waals surface area contributed by atoms with Crippen molar-refractivity contribution < 1.29 is 9.53 Å². The van der Waals surface area contributed by atoms with Gasteiger partial charge in [0.25, 0.3) is 0 Å². The number of ether oxygens (including phenoxy) is 1. The van der Waals surface area contributed by atoms with Crippen LogP contribution >= 0.6 is 15.9 Å². The molecule has 1 saturated carbocycles. The third-order valence-corrected chi connectivity index (χ3v) is 3.44. The summed E-state index contributed by atoms with van der Waals surface area (Å²) in [6, 6.07) is 0. The van der Waals surface area contributed by atoms with Crippen molar-refractivity contribution in [1.82, 2.24) is 5.32 Å². The molecule has 1 aliphatic rings. The van der Waals surface area contributed by atoms with E-state index >= 15 is 0 Å². The van der Waals surface area contributed by atoms with E-state index in [0.717, 1.165) is 18.3 Å². The molecule has 1 aliphatic carbocycles. The lowest BCUT2D eigenvalue weighted by Gasteiger charge is -2.41. The number of rotatable bonds is 4. The molecule has 0 aromatic heterocycles. The van der Waals surface area contributed by atoms with E-state index in [4.69, 9.17) is 4.74 Å². The topological polar surface area (TPSA) is 38.3 Å². The SMILES string of the molecule is CC(C)(C)OC(=O)NCC1(CCBr)CCC1. The fourth-order valence-electron chi connectivity index (χ4n) is 1.97. The first-order valence-electron chi connectivity index (χ1n) is 5.90. The van der Waals surface area contributed by atoms with Crippen LogP contribution in [0.2, 0.25) is 0 Å². The Kier molecular flexibility index (Phi) is 4.65. The number of alkyl carbamates (subject to hydrolysis) is 1. The van der Waals surface area contributed by atoms with Gasteiger partial charge in [0, 0.05) is 11.9 Å². The lowest BCUT2D eigenvalue weighted by molar-refractivity contribution is 0.0448. The van der Waals surface area contributed by atoms with Crippen LogP contribution in [0.15, 0.2) is 0 Å². The monoisotopic (exact) mass is 291 g/mol. The van der Waals surface area contributed by atoms with Gasteiger partial charge in [-0.2, -0.15) is 0 Å². The standard InChI is InChI=1S/C12H22BrNO2/c1-11(2,3)16-10(15)14-9-12(7-8-13)5-4-6-12/h4-9H2,1-3H3,(H,14,15). The van der Waals surface area contributed by atoms with Gasteiger partial charge in [-0.25, -0.2) is 4.79 Å². The first kappa shape index (κ1) is 13.8. The summed E-state index contributed by atoms with van der Waals surface area (Å²) in [5.41, 5.74) is -0.0906. The van der Waals surface area contributed by atoms with Crippen molar-refractivity contribution in [3.8, 4) is 0 Å². The Bertz CT molecular complexity index is 244. The van der Waals surface area contributed by atoms with Crippen LogP contribution in [0.4, 0.5) is 4.79 Å². The van der Waals surface area contributed by atoms with E-state index in [1.54, 1.807) is 0 Å². The maximum atomic E-state index is 11.5. The number of halogens is 1. The van der Waals surface area contributed by atoms with Crippen molar-refractivity contribution in [3.63, 3.8) is 0 Å². The number of carbonyl (C=O) groups is 1. The second kappa shape index (κ2) is 5.39. The third-order valence-electron chi connectivity index (χ3n) is 3.05. The van der Waals surface area contributed by atoms with E-state index in [9.17, 15) is 4.79 Å². The minimum Gasteiger partial charge on any atom is -0.444 e. The van der Waals surface area contributed by atoms with Crippen LogP contribution in [0, 0.1) is 5.41 Å². The summed E-state index contributed by atoms with van der Waals surface area (Å²) in [5.74, 6) is 0. The minimum atomic E-state index is -0.410. The van der Waals surface area contributed by atoms with Crippen LogP contribution in [0.3, 0.4) is 0 Å². The van der Waals surface area contributed by atoms with Crippen LogP contribution in [-0.4, -0.2) is 23.6 Å². The highest BCUT2D eigenvalue weighted by Gasteiger charge is 2.36. The molecule has 0 radical (unpaired) electrons. The van der Waals surface area contributed by atoms with Crippen molar-refractivity contribution in [1.29, 1.82) is 0 Å². The molecule has 0 bridgehead atoms. The summed E-state index contributed by atoms with van der Waals surface area (Å²) in [5, 5.41) is 3.89. The highest BCUT2D eigenvalue weighted by Crippen LogP contribution is 2.43. The Labute approximate surface area is 106 Å². The number of hydrogen-bond acceptors (Lipinski definition) is 2. The quantitative estimate of drug-likeness (QED) is 0.806. The number of amides is 1. The van der Waals surface area contributed by atoms with Crippen LogP contribution in [0.25, 0.3) is 0 Å². The maximum absolute atomic E-state index is 11.5. The first-order valence-corrected chi connectivity index (χ1v) is 7.02. The van der Waals surface area contributed by atoms with Gasteiger partial charge in [-0.15, -0.1) is 0 Å². The van der Waals surface area contributed by atoms with Crippen molar-refractivity contribution in [2.45, 2.75) is 52.1 Å². The van der Waals surface area contributed by atoms with Crippen LogP contribution in [0.1, 0.15) is 46.5 Å². The molecule has 0 unspecified atom stereocenters. The molecular weight excluding hydrogens is 270 g/mol. The Hall–Kier alpha value is -0.250. The second-order valence-electron chi connectivity index (χ2n) is 5.65. The molecule has 1 amide bonds. The number of nitrogens with one attached hydrogen (secondary N) is 1. The van der Waals surface area contributed by atoms with Crippen LogP contribution in [-0.2, 0) is 4.74 Å². The smallest absolute Gasteiger partial charge is 0.407 e. The zero-order chi connectivity index (χ0) is 12.2. The van der Waals surface area contributed by atoms with E-state index in [1.807, 2.05) is 20.8 Å². The second-order valence-corrected chi connectivity index (χ2v) is 6.44. The van der Waals surface area contributed by atoms with Gasteiger partial charge in [0.2, 0.25) is 0 Å². The van der Waals surface area contributed by atoms with Gasteiger partial charge >= 0.3 is 6.09 Å². The largest absolute Gasteiger partial charge is 0.444 e. The van der Waals surface area contributed by atoms with E-state index in [2.05, 4.69) is 21.2 Å². The Morgan fingerprint density at radius 1 is 1.44 bits per heavy atom. The lowest BCUT2D eigenvalue weighted by atomic mass is 9.67. The highest BCUT2D eigenvalue weighted by molar-refractivity contribution is 9.09. The summed E-state index contributed by atoms with van der Waals surface area (Å²) in [4.78, 5) is 11.5. The van der Waals surface area contributed by atoms with Gasteiger partial charge in [0.15, 0.2) is 0 Å². The molecule has 1 fully saturated rings. The van der Waals surface area contributed by atoms with Crippen molar-refractivity contribution >= 4 is 22.0 Å². The lowest BCUT2D eigenvalue weighted by Crippen LogP contribution is -2.44. The molecule has 0 saturated heterocycles. The molecule has 16 heavy (non-hydrogen) atoms. The van der Waals surface area contributed by atoms with E-state index in [0.29, 0.717) is 5.41 Å². The number of hydrogen-bond donors (Lipinski definition) is 1. The van der Waals surface area contributed by atoms with Crippen molar-refractivity contribution in [2.24, 2.45) is 5.41 Å². The fourth-order valence-corrected chi connectivity index (χ4v) is 2.81. The summed E-state index contributed by atoms with van der Waals surface area (Å²) in [6.45, 7) is 6.38. The van der Waals surface area contributed by atoms with E-state index < -0.39 is 5.60 Å². The first-order chi connectivity index (χ1) is 7.37. The van der Waals surface area contributed by atoms with E-state index in [-0.39, 0.29) is 6.09 Å². The predicted molar refractivity (Wildman–Crippen MR) is 68.9 cm³/mol. The fraction of sp³-hybridized carbons (Fsp3) is 0.917. The molecule has 1 N–H and O–H groups in total. The zero-order valence-corrected chi connectivity index (χ0v) is 12.0. The molecule has 0 spiro atoms. The van der Waals surface area contributed by atoms with Crippen LogP contribution in [0.5, 0.6) is 0 Å². The third kappa shape index (κ3) is 4.32. The van der Waals surface area contributed by atoms with Gasteiger partial charge in [0.05, 0.1) is 0 Å². The van der Waals surface area contributed by atoms with Gasteiger partial charge in [0.1, 0.15) is 5.60 Å². The number of carbonyl (C=O) groups excluding carboxylic acids is 1. The van der Waals surface area contributed by atoms with Gasteiger partial charge < -0.3 is 10.1 Å². The predicted octanol–water partition coefficient (Wildman–Crippen LogP) is 3.47. The van der Waals surface area contributed by atoms with E-state index in [1.165, 1.54) is 19.3 Å². The molecule has 4 heteroatoms. The normalized spacial score (nSPS) is 18.8. The molecule has 0 heterocycles. The molecule has 0 aromatic rings. The Morgan fingerprint density at radius 3 is 2.44 bits per heavy atom. The summed E-state index contributed by atoms with van der Waals surface area (Å²) in [7, 11) is 0. The molecule has 0 aliphatic heterocycles. The average molecular weight is 292 g/mol. The zero-order valence-electron chi connectivity index (χ0n) is 10.4. The summed E-state index contributed by atoms with van der Waals surface area (Å²) >= 11 is 3.47. The molecule has 1 rings (SSSR count). The molecular formula is C12H22BrNO2. The summed E-state index contributed by atoms with van der Waals surface area (Å²) in [6.07, 6.45) is 4.54. The molecule has 94 valence electrons. The van der Waals surface area contributed by atoms with Gasteiger partial charge in [-0.1, -0.05) is 22.4 Å². The van der Waals surface area contributed by atoms with Crippen LogP contribution < -0.4 is 5.32 Å². The summed E-state index contributed by atoms with van der Waals surface area (Å²) < 4.78 is 5.22. The van der Waals surface area contributed by atoms with Gasteiger partial charge in [-0.05, 0) is 45.4 Å². The molecule has 0 aromatic carbocycles. The van der Waals surface area contributed by atoms with Crippen molar-refractivity contribution in [3.05, 3.63) is 0 Å². The Balaban J connectivity index is 2.30. The average Bonchev–Trinajstić information content (AvgIpc) is 2.06. The minimum absolute atomic E-state index is 0.298. The molecule has 0 atom stereocenters. The highest BCUT2D eigenvalue weighted by atomic mass is 79.9. The van der Waals surface area contributed by atoms with Crippen molar-refractivity contribution in [2.75, 3.05) is 11.9 Å². The number of alkyl halides is 1. The maximum Gasteiger partial charge on any atom is 0.407 e. The molecule has 3 nitrogen and oxygen atoms in total. The van der Waals surface area contributed by atoms with Gasteiger partial charge in [-0.3, -0.25) is 0 Å².